The second-order valence-electron chi connectivity index (χ2n) is 4.23. The van der Waals surface area contributed by atoms with Crippen LogP contribution in [0, 0.1) is 0 Å². The van der Waals surface area contributed by atoms with E-state index in [1.54, 1.807) is 23.5 Å². The van der Waals surface area contributed by atoms with Crippen LogP contribution in [0.5, 0.6) is 11.5 Å². The van der Waals surface area contributed by atoms with Crippen LogP contribution in [0.25, 0.3) is 0 Å². The summed E-state index contributed by atoms with van der Waals surface area (Å²) >= 11 is 1.76. The summed E-state index contributed by atoms with van der Waals surface area (Å²) in [6.07, 6.45) is 0. The second kappa shape index (κ2) is 5.30. The molecule has 0 radical (unpaired) electrons. The van der Waals surface area contributed by atoms with Crippen molar-refractivity contribution in [3.63, 3.8) is 0 Å². The number of fused-ring (bicyclic) bond motifs is 1. The van der Waals surface area contributed by atoms with Gasteiger partial charge in [-0.15, -0.1) is 11.3 Å². The molecule has 1 aliphatic rings. The summed E-state index contributed by atoms with van der Waals surface area (Å²) in [6, 6.07) is 7.21. The topological polar surface area (TPSA) is 52.5 Å². The van der Waals surface area contributed by atoms with Gasteiger partial charge in [-0.3, -0.25) is 0 Å². The van der Waals surface area contributed by atoms with E-state index < -0.39 is 0 Å². The van der Waals surface area contributed by atoms with Gasteiger partial charge in [0, 0.05) is 23.9 Å². The van der Waals surface area contributed by atoms with Gasteiger partial charge in [-0.25, -0.2) is 0 Å². The average molecular weight is 327 g/mol. The molecule has 1 atom stereocenters. The summed E-state index contributed by atoms with van der Waals surface area (Å²) in [5, 5.41) is 24.4. The van der Waals surface area contributed by atoms with Crippen LogP contribution in [0.4, 0.5) is 0 Å². The van der Waals surface area contributed by atoms with E-state index in [-0.39, 0.29) is 34.4 Å². The number of hydrogen-bond donors (Lipinski definition) is 3. The van der Waals surface area contributed by atoms with Gasteiger partial charge < -0.3 is 32.5 Å². The Morgan fingerprint density at radius 2 is 2.00 bits per heavy atom. The molecule has 0 spiro atoms. The quantitative estimate of drug-likeness (QED) is 0.613. The Morgan fingerprint density at radius 3 is 2.78 bits per heavy atom. The van der Waals surface area contributed by atoms with Gasteiger partial charge in [-0.2, -0.15) is 0 Å². The highest BCUT2D eigenvalue weighted by Gasteiger charge is 2.22. The van der Waals surface area contributed by atoms with Crippen LogP contribution in [0.2, 0.25) is 0 Å². The predicted octanol–water partition coefficient (Wildman–Crippen LogP) is -0.602. The molecule has 0 saturated heterocycles. The minimum atomic E-state index is -0.0666. The number of aromatic hydroxyl groups is 2. The van der Waals surface area contributed by atoms with Crippen LogP contribution in [0.3, 0.4) is 0 Å². The Hall–Kier alpha value is -1.04. The average Bonchev–Trinajstić information content (AvgIpc) is 2.80. The van der Waals surface area contributed by atoms with Crippen molar-refractivity contribution in [2.45, 2.75) is 12.5 Å². The third kappa shape index (κ3) is 2.25. The molecule has 96 valence electrons. The fraction of sp³-hybridized carbons (Fsp3) is 0.231. The fourth-order valence-corrected chi connectivity index (χ4v) is 3.21. The minimum absolute atomic E-state index is 0. The molecule has 3 rings (SSSR count). The summed E-state index contributed by atoms with van der Waals surface area (Å²) in [4.78, 5) is 1.36. The van der Waals surface area contributed by atoms with Crippen LogP contribution < -0.4 is 22.3 Å². The number of halogens is 1. The van der Waals surface area contributed by atoms with Crippen molar-refractivity contribution >= 4 is 11.3 Å². The van der Waals surface area contributed by atoms with E-state index in [0.717, 1.165) is 18.7 Å². The number of phenols is 2. The normalized spacial score (nSPS) is 17.9. The number of benzene rings is 1. The molecule has 18 heavy (non-hydrogen) atoms. The minimum Gasteiger partial charge on any atom is -1.00 e. The van der Waals surface area contributed by atoms with Crippen LogP contribution >= 0.6 is 11.3 Å². The Morgan fingerprint density at radius 1 is 1.17 bits per heavy atom. The molecule has 3 N–H and O–H groups in total. The Labute approximate surface area is 120 Å². The lowest BCUT2D eigenvalue weighted by Crippen LogP contribution is -3.00. The van der Waals surface area contributed by atoms with Gasteiger partial charge >= 0.3 is 0 Å². The summed E-state index contributed by atoms with van der Waals surface area (Å²) in [5.74, 6) is 0.143. The highest BCUT2D eigenvalue weighted by atomic mass is 79.9. The molecule has 0 amide bonds. The number of nitrogens with one attached hydrogen (secondary N) is 1. The van der Waals surface area contributed by atoms with Gasteiger partial charge in [0.15, 0.2) is 11.5 Å². The van der Waals surface area contributed by atoms with E-state index in [4.69, 9.17) is 0 Å². The maximum atomic E-state index is 9.56. The van der Waals surface area contributed by atoms with Crippen molar-refractivity contribution in [3.8, 4) is 11.5 Å². The van der Waals surface area contributed by atoms with E-state index in [2.05, 4.69) is 16.8 Å². The molecule has 2 aromatic rings. The zero-order valence-electron chi connectivity index (χ0n) is 9.56. The summed E-state index contributed by atoms with van der Waals surface area (Å²) in [5.41, 5.74) is 2.37. The standard InChI is InChI=1S/C13H13NO2S.BrH/c15-11-2-1-8(5-12(11)16)10-6-14-7-13-9(10)3-4-17-13;/h1-5,10,14-16H,6-7H2;1H/p-1. The third-order valence-electron chi connectivity index (χ3n) is 3.19. The lowest BCUT2D eigenvalue weighted by Gasteiger charge is -2.24. The number of rotatable bonds is 1. The third-order valence-corrected chi connectivity index (χ3v) is 4.13. The van der Waals surface area contributed by atoms with E-state index in [1.807, 2.05) is 6.07 Å². The zero-order valence-corrected chi connectivity index (χ0v) is 12.0. The van der Waals surface area contributed by atoms with Gasteiger partial charge in [-0.1, -0.05) is 6.07 Å². The predicted molar refractivity (Wildman–Crippen MR) is 67.6 cm³/mol. The van der Waals surface area contributed by atoms with Crippen molar-refractivity contribution < 1.29 is 27.2 Å². The molecule has 0 bridgehead atoms. The molecule has 2 heterocycles. The molecule has 3 nitrogen and oxygen atoms in total. The van der Waals surface area contributed by atoms with Crippen LogP contribution in [-0.4, -0.2) is 16.8 Å². The SMILES string of the molecule is Oc1ccc(C2CNCc3sccc32)cc1O.[Br-]. The first-order valence-electron chi connectivity index (χ1n) is 5.54. The number of thiophene rings is 1. The highest BCUT2D eigenvalue weighted by Crippen LogP contribution is 2.36. The van der Waals surface area contributed by atoms with Gasteiger partial charge in [0.1, 0.15) is 0 Å². The van der Waals surface area contributed by atoms with Crippen molar-refractivity contribution in [3.05, 3.63) is 45.6 Å². The number of phenolic OH excluding ortho intramolecular Hbond substituents is 2. The molecular weight excluding hydrogens is 314 g/mol. The Bertz CT molecular complexity index is 556. The maximum absolute atomic E-state index is 9.56. The maximum Gasteiger partial charge on any atom is 0.157 e. The summed E-state index contributed by atoms with van der Waals surface area (Å²) < 4.78 is 0. The molecule has 0 fully saturated rings. The van der Waals surface area contributed by atoms with E-state index in [1.165, 1.54) is 10.4 Å². The first-order valence-corrected chi connectivity index (χ1v) is 6.42. The molecule has 1 aromatic heterocycles. The summed E-state index contributed by atoms with van der Waals surface area (Å²) in [7, 11) is 0. The number of hydrogen-bond acceptors (Lipinski definition) is 4. The molecular formula is C13H13BrNO2S-. The highest BCUT2D eigenvalue weighted by molar-refractivity contribution is 7.10. The first-order chi connectivity index (χ1) is 8.25. The van der Waals surface area contributed by atoms with Gasteiger partial charge in [0.25, 0.3) is 0 Å². The van der Waals surface area contributed by atoms with Crippen molar-refractivity contribution in [1.82, 2.24) is 5.32 Å². The van der Waals surface area contributed by atoms with Crippen molar-refractivity contribution in [2.75, 3.05) is 6.54 Å². The van der Waals surface area contributed by atoms with Crippen LogP contribution in [-0.2, 0) is 6.54 Å². The van der Waals surface area contributed by atoms with Crippen molar-refractivity contribution in [2.24, 2.45) is 0 Å². The van der Waals surface area contributed by atoms with Gasteiger partial charge in [0.2, 0.25) is 0 Å². The second-order valence-corrected chi connectivity index (χ2v) is 5.23. The first kappa shape index (κ1) is 13.4. The lowest BCUT2D eigenvalue weighted by atomic mass is 9.89. The molecule has 1 aliphatic heterocycles. The molecule has 1 unspecified atom stereocenters. The van der Waals surface area contributed by atoms with Gasteiger partial charge in [0.05, 0.1) is 0 Å². The smallest absolute Gasteiger partial charge is 0.157 e. The Balaban J connectivity index is 0.00000120. The van der Waals surface area contributed by atoms with Crippen LogP contribution in [0.1, 0.15) is 21.9 Å². The van der Waals surface area contributed by atoms with E-state index in [0.29, 0.717) is 0 Å². The monoisotopic (exact) mass is 326 g/mol. The van der Waals surface area contributed by atoms with Crippen LogP contribution in [0.15, 0.2) is 29.6 Å². The summed E-state index contributed by atoms with van der Waals surface area (Å²) in [6.45, 7) is 1.79. The largest absolute Gasteiger partial charge is 1.00 e. The fourth-order valence-electron chi connectivity index (χ4n) is 2.30. The molecule has 1 aromatic carbocycles. The lowest BCUT2D eigenvalue weighted by molar-refractivity contribution is -0.00000510. The molecule has 5 heteroatoms. The van der Waals surface area contributed by atoms with Crippen molar-refractivity contribution in [1.29, 1.82) is 0 Å². The Kier molecular flexibility index (Phi) is 3.94. The molecule has 0 saturated carbocycles. The van der Waals surface area contributed by atoms with Gasteiger partial charge in [-0.05, 0) is 34.7 Å². The van der Waals surface area contributed by atoms with E-state index >= 15 is 0 Å². The molecule has 0 aliphatic carbocycles. The van der Waals surface area contributed by atoms with E-state index in [9.17, 15) is 10.2 Å². The zero-order chi connectivity index (χ0) is 11.8.